The summed E-state index contributed by atoms with van der Waals surface area (Å²) < 4.78 is 6.07. The summed E-state index contributed by atoms with van der Waals surface area (Å²) in [6.07, 6.45) is 1.53. The van der Waals surface area contributed by atoms with Gasteiger partial charge in [0, 0.05) is 28.4 Å². The Hall–Kier alpha value is -3.58. The SMILES string of the molecule is COC(=O)c1c(N)c2ccc(O)cc2n(-c2cccc3c(Cl)nccc23)c1=O. The number of nitrogens with two attached hydrogens (primary N) is 1. The summed E-state index contributed by atoms with van der Waals surface area (Å²) in [7, 11) is 1.18. The molecular weight excluding hydrogens is 382 g/mol. The van der Waals surface area contributed by atoms with E-state index in [1.54, 1.807) is 30.3 Å². The van der Waals surface area contributed by atoms with Crippen LogP contribution < -0.4 is 11.3 Å². The third-order valence-electron chi connectivity index (χ3n) is 4.56. The number of benzene rings is 2. The highest BCUT2D eigenvalue weighted by Crippen LogP contribution is 2.31. The summed E-state index contributed by atoms with van der Waals surface area (Å²) in [6.45, 7) is 0. The number of rotatable bonds is 2. The number of halogens is 1. The molecule has 7 nitrogen and oxygen atoms in total. The Labute approximate surface area is 163 Å². The maximum Gasteiger partial charge on any atom is 0.345 e. The zero-order valence-electron chi connectivity index (χ0n) is 14.6. The minimum atomic E-state index is -0.842. The molecule has 2 aromatic carbocycles. The molecular formula is C20H14ClN3O4. The topological polar surface area (TPSA) is 107 Å². The van der Waals surface area contributed by atoms with Crippen LogP contribution in [0.3, 0.4) is 0 Å². The lowest BCUT2D eigenvalue weighted by molar-refractivity contribution is 0.0600. The second-order valence-corrected chi connectivity index (χ2v) is 6.45. The molecule has 0 aliphatic rings. The molecule has 2 aromatic heterocycles. The molecule has 0 radical (unpaired) electrons. The molecule has 140 valence electrons. The second kappa shape index (κ2) is 6.54. The maximum atomic E-state index is 13.3. The van der Waals surface area contributed by atoms with Crippen molar-refractivity contribution < 1.29 is 14.6 Å². The van der Waals surface area contributed by atoms with Gasteiger partial charge in [-0.05, 0) is 24.3 Å². The van der Waals surface area contributed by atoms with E-state index in [1.165, 1.54) is 30.0 Å². The van der Waals surface area contributed by atoms with E-state index in [4.69, 9.17) is 22.1 Å². The van der Waals surface area contributed by atoms with Gasteiger partial charge in [-0.1, -0.05) is 23.7 Å². The highest BCUT2D eigenvalue weighted by atomic mass is 35.5. The number of nitrogen functional groups attached to an aromatic ring is 1. The van der Waals surface area contributed by atoms with Gasteiger partial charge in [-0.2, -0.15) is 0 Å². The number of aromatic nitrogens is 2. The number of hydrogen-bond donors (Lipinski definition) is 2. The van der Waals surface area contributed by atoms with Crippen molar-refractivity contribution in [1.82, 2.24) is 9.55 Å². The van der Waals surface area contributed by atoms with E-state index in [0.717, 1.165) is 0 Å². The highest BCUT2D eigenvalue weighted by Gasteiger charge is 2.23. The summed E-state index contributed by atoms with van der Waals surface area (Å²) in [6, 6.07) is 11.3. The number of aromatic hydroxyl groups is 1. The molecule has 4 rings (SSSR count). The average Bonchev–Trinajstić information content (AvgIpc) is 2.68. The molecule has 0 saturated carbocycles. The van der Waals surface area contributed by atoms with Crippen molar-refractivity contribution in [3.8, 4) is 11.4 Å². The number of esters is 1. The third kappa shape index (κ3) is 2.56. The summed E-state index contributed by atoms with van der Waals surface area (Å²) in [4.78, 5) is 29.6. The summed E-state index contributed by atoms with van der Waals surface area (Å²) >= 11 is 6.20. The van der Waals surface area contributed by atoms with E-state index in [0.29, 0.717) is 27.4 Å². The van der Waals surface area contributed by atoms with Crippen molar-refractivity contribution in [2.75, 3.05) is 12.8 Å². The predicted octanol–water partition coefficient (Wildman–Crippen LogP) is 3.27. The first kappa shape index (κ1) is 17.8. The Kier molecular flexibility index (Phi) is 4.16. The number of carbonyl (C=O) groups is 1. The molecule has 0 aliphatic carbocycles. The second-order valence-electron chi connectivity index (χ2n) is 6.10. The van der Waals surface area contributed by atoms with Gasteiger partial charge in [0.1, 0.15) is 16.5 Å². The van der Waals surface area contributed by atoms with Crippen molar-refractivity contribution in [3.05, 3.63) is 69.7 Å². The zero-order valence-corrected chi connectivity index (χ0v) is 15.4. The van der Waals surface area contributed by atoms with E-state index >= 15 is 0 Å². The van der Waals surface area contributed by atoms with Crippen molar-refractivity contribution >= 4 is 44.9 Å². The van der Waals surface area contributed by atoms with Gasteiger partial charge in [0.05, 0.1) is 24.0 Å². The fourth-order valence-corrected chi connectivity index (χ4v) is 3.51. The molecule has 0 spiro atoms. The van der Waals surface area contributed by atoms with Crippen molar-refractivity contribution in [1.29, 1.82) is 0 Å². The van der Waals surface area contributed by atoms with Crippen molar-refractivity contribution in [2.45, 2.75) is 0 Å². The van der Waals surface area contributed by atoms with E-state index < -0.39 is 11.5 Å². The molecule has 0 amide bonds. The number of phenolic OH excluding ortho intramolecular Hbond substituents is 1. The van der Waals surface area contributed by atoms with E-state index in [9.17, 15) is 14.7 Å². The number of phenols is 1. The highest BCUT2D eigenvalue weighted by molar-refractivity contribution is 6.34. The molecule has 3 N–H and O–H groups in total. The van der Waals surface area contributed by atoms with E-state index in [2.05, 4.69) is 4.98 Å². The molecule has 28 heavy (non-hydrogen) atoms. The van der Waals surface area contributed by atoms with E-state index in [-0.39, 0.29) is 22.2 Å². The molecule has 0 saturated heterocycles. The fraction of sp³-hybridized carbons (Fsp3) is 0.0500. The summed E-state index contributed by atoms with van der Waals surface area (Å²) in [5, 5.41) is 12.0. The van der Waals surface area contributed by atoms with Crippen molar-refractivity contribution in [2.24, 2.45) is 0 Å². The molecule has 8 heteroatoms. The minimum absolute atomic E-state index is 0.0111. The average molecular weight is 396 g/mol. The zero-order chi connectivity index (χ0) is 20.0. The number of carbonyl (C=O) groups excluding carboxylic acids is 1. The number of hydrogen-bond acceptors (Lipinski definition) is 6. The van der Waals surface area contributed by atoms with Crippen LogP contribution in [0.5, 0.6) is 5.75 Å². The Balaban J connectivity index is 2.25. The van der Waals surface area contributed by atoms with Gasteiger partial charge in [0.2, 0.25) is 0 Å². The van der Waals surface area contributed by atoms with Crippen LogP contribution in [-0.2, 0) is 4.74 Å². The third-order valence-corrected chi connectivity index (χ3v) is 4.86. The monoisotopic (exact) mass is 395 g/mol. The Morgan fingerprint density at radius 1 is 1.18 bits per heavy atom. The number of anilines is 1. The van der Waals surface area contributed by atoms with E-state index in [1.807, 2.05) is 0 Å². The van der Waals surface area contributed by atoms with Gasteiger partial charge >= 0.3 is 5.97 Å². The normalized spacial score (nSPS) is 11.1. The molecule has 0 atom stereocenters. The van der Waals surface area contributed by atoms with Crippen LogP contribution in [0.4, 0.5) is 5.69 Å². The smallest absolute Gasteiger partial charge is 0.345 e. The predicted molar refractivity (Wildman–Crippen MR) is 107 cm³/mol. The lowest BCUT2D eigenvalue weighted by Gasteiger charge is -2.17. The number of ether oxygens (including phenoxy) is 1. The summed E-state index contributed by atoms with van der Waals surface area (Å²) in [5.41, 5.74) is 5.96. The van der Waals surface area contributed by atoms with Crippen LogP contribution in [0.15, 0.2) is 53.5 Å². The lowest BCUT2D eigenvalue weighted by atomic mass is 10.1. The molecule has 2 heterocycles. The van der Waals surface area contributed by atoms with Gasteiger partial charge in [0.15, 0.2) is 0 Å². The van der Waals surface area contributed by atoms with Crippen LogP contribution in [0.2, 0.25) is 5.15 Å². The molecule has 0 aliphatic heterocycles. The Bertz CT molecular complexity index is 1330. The standard InChI is InChI=1S/C20H14ClN3O4/c1-28-20(27)16-17(22)13-6-5-10(25)9-15(13)24(19(16)26)14-4-2-3-12-11(14)7-8-23-18(12)21/h2-9,25H,22H2,1H3. The first-order chi connectivity index (χ1) is 13.4. The van der Waals surface area contributed by atoms with Crippen molar-refractivity contribution in [3.63, 3.8) is 0 Å². The van der Waals surface area contributed by atoms with Gasteiger partial charge < -0.3 is 15.6 Å². The maximum absolute atomic E-state index is 13.3. The molecule has 0 fully saturated rings. The largest absolute Gasteiger partial charge is 0.508 e. The molecule has 4 aromatic rings. The number of methoxy groups -OCH3 is 1. The first-order valence-corrected chi connectivity index (χ1v) is 8.61. The lowest BCUT2D eigenvalue weighted by Crippen LogP contribution is -2.28. The number of nitrogens with zero attached hydrogens (tertiary/aromatic N) is 2. The van der Waals surface area contributed by atoms with Gasteiger partial charge in [0.25, 0.3) is 5.56 Å². The number of fused-ring (bicyclic) bond motifs is 2. The minimum Gasteiger partial charge on any atom is -0.508 e. The van der Waals surface area contributed by atoms with Gasteiger partial charge in [-0.3, -0.25) is 9.36 Å². The van der Waals surface area contributed by atoms with Crippen LogP contribution in [0, 0.1) is 0 Å². The van der Waals surface area contributed by atoms with Gasteiger partial charge in [-0.25, -0.2) is 9.78 Å². The molecule has 0 bridgehead atoms. The molecule has 0 unspecified atom stereocenters. The summed E-state index contributed by atoms with van der Waals surface area (Å²) in [5.74, 6) is -0.892. The van der Waals surface area contributed by atoms with Crippen LogP contribution in [0.1, 0.15) is 10.4 Å². The fourth-order valence-electron chi connectivity index (χ4n) is 3.29. The first-order valence-electron chi connectivity index (χ1n) is 8.23. The Morgan fingerprint density at radius 3 is 2.71 bits per heavy atom. The van der Waals surface area contributed by atoms with Crippen LogP contribution >= 0.6 is 11.6 Å². The quantitative estimate of drug-likeness (QED) is 0.398. The van der Waals surface area contributed by atoms with Crippen LogP contribution in [0.25, 0.3) is 27.4 Å². The van der Waals surface area contributed by atoms with Gasteiger partial charge in [-0.15, -0.1) is 0 Å². The Morgan fingerprint density at radius 2 is 1.96 bits per heavy atom. The van der Waals surface area contributed by atoms with Crippen LogP contribution in [-0.4, -0.2) is 27.7 Å². The number of pyridine rings is 2.